The van der Waals surface area contributed by atoms with Crippen LogP contribution in [0.5, 0.6) is 0 Å². The smallest absolute Gasteiger partial charge is 0.254 e. The first kappa shape index (κ1) is 14.1. The third-order valence-electron chi connectivity index (χ3n) is 3.92. The number of hydrogen-bond donors (Lipinski definition) is 1. The number of aryl methyl sites for hydroxylation is 2. The van der Waals surface area contributed by atoms with Crippen molar-refractivity contribution in [3.63, 3.8) is 0 Å². The monoisotopic (exact) mass is 260 g/mol. The largest absolute Gasteiger partial charge is 0.338 e. The molecule has 0 unspecified atom stereocenters. The third-order valence-corrected chi connectivity index (χ3v) is 3.92. The highest BCUT2D eigenvalue weighted by Gasteiger charge is 2.24. The minimum absolute atomic E-state index is 0.196. The highest BCUT2D eigenvalue weighted by Crippen LogP contribution is 2.20. The summed E-state index contributed by atoms with van der Waals surface area (Å²) in [5.41, 5.74) is 3.09. The second kappa shape index (κ2) is 6.20. The van der Waals surface area contributed by atoms with Gasteiger partial charge in [0, 0.05) is 18.7 Å². The van der Waals surface area contributed by atoms with Crippen molar-refractivity contribution in [2.24, 2.45) is 5.92 Å². The summed E-state index contributed by atoms with van der Waals surface area (Å²) < 4.78 is 0. The van der Waals surface area contributed by atoms with E-state index in [0.29, 0.717) is 5.92 Å². The zero-order valence-corrected chi connectivity index (χ0v) is 12.2. The number of benzene rings is 1. The van der Waals surface area contributed by atoms with Crippen LogP contribution in [0.1, 0.15) is 34.3 Å². The Labute approximate surface area is 116 Å². The van der Waals surface area contributed by atoms with Crippen molar-refractivity contribution in [2.75, 3.05) is 26.7 Å². The average Bonchev–Trinajstić information content (AvgIpc) is 2.41. The number of carbonyl (C=O) groups excluding carboxylic acids is 1. The lowest BCUT2D eigenvalue weighted by Crippen LogP contribution is -2.42. The Kier molecular flexibility index (Phi) is 4.59. The van der Waals surface area contributed by atoms with E-state index in [0.717, 1.165) is 42.7 Å². The fraction of sp³-hybridized carbons (Fsp3) is 0.562. The number of nitrogens with zero attached hydrogens (tertiary/aromatic N) is 1. The first-order valence-corrected chi connectivity index (χ1v) is 7.13. The molecule has 1 amide bonds. The number of piperidine rings is 1. The molecular weight excluding hydrogens is 236 g/mol. The normalized spacial score (nSPS) is 19.5. The number of nitrogens with one attached hydrogen (secondary N) is 1. The Bertz CT molecular complexity index is 454. The molecule has 1 aliphatic heterocycles. The van der Waals surface area contributed by atoms with E-state index >= 15 is 0 Å². The maximum absolute atomic E-state index is 12.6. The lowest BCUT2D eigenvalue weighted by molar-refractivity contribution is 0.0673. The van der Waals surface area contributed by atoms with Gasteiger partial charge < -0.3 is 10.2 Å². The summed E-state index contributed by atoms with van der Waals surface area (Å²) in [5.74, 6) is 0.787. The molecule has 1 fully saturated rings. The maximum Gasteiger partial charge on any atom is 0.254 e. The molecule has 1 aromatic carbocycles. The number of carbonyl (C=O) groups is 1. The van der Waals surface area contributed by atoms with Gasteiger partial charge in [-0.3, -0.25) is 4.79 Å². The molecule has 104 valence electrons. The van der Waals surface area contributed by atoms with Crippen LogP contribution in [0.4, 0.5) is 0 Å². The topological polar surface area (TPSA) is 32.3 Å². The highest BCUT2D eigenvalue weighted by molar-refractivity contribution is 5.95. The molecule has 1 aromatic rings. The Morgan fingerprint density at radius 3 is 2.95 bits per heavy atom. The fourth-order valence-electron chi connectivity index (χ4n) is 2.84. The molecule has 0 radical (unpaired) electrons. The Balaban J connectivity index is 2.12. The lowest BCUT2D eigenvalue weighted by atomic mass is 9.96. The van der Waals surface area contributed by atoms with Gasteiger partial charge in [0.15, 0.2) is 0 Å². The van der Waals surface area contributed by atoms with Crippen molar-refractivity contribution in [1.29, 1.82) is 0 Å². The third kappa shape index (κ3) is 3.35. The van der Waals surface area contributed by atoms with Crippen molar-refractivity contribution in [2.45, 2.75) is 26.7 Å². The van der Waals surface area contributed by atoms with Crippen molar-refractivity contribution >= 4 is 5.91 Å². The lowest BCUT2D eigenvalue weighted by Gasteiger charge is -2.33. The van der Waals surface area contributed by atoms with Gasteiger partial charge in [-0.15, -0.1) is 0 Å². The van der Waals surface area contributed by atoms with Crippen LogP contribution in [0.25, 0.3) is 0 Å². The van der Waals surface area contributed by atoms with E-state index in [1.807, 2.05) is 37.9 Å². The van der Waals surface area contributed by atoms with Crippen LogP contribution in [0, 0.1) is 19.8 Å². The molecule has 1 atom stereocenters. The highest BCUT2D eigenvalue weighted by atomic mass is 16.2. The van der Waals surface area contributed by atoms with Crippen LogP contribution in [-0.4, -0.2) is 37.5 Å². The van der Waals surface area contributed by atoms with Gasteiger partial charge in [0.25, 0.3) is 5.91 Å². The van der Waals surface area contributed by atoms with Crippen molar-refractivity contribution < 1.29 is 4.79 Å². The molecule has 1 heterocycles. The molecule has 1 aliphatic rings. The summed E-state index contributed by atoms with van der Waals surface area (Å²) in [5, 5.41) is 3.22. The SMILES string of the molecule is CNC[C@@H]1CCCN(C(=O)c2cc(C)ccc2C)C1. The first-order valence-electron chi connectivity index (χ1n) is 7.13. The molecule has 0 saturated carbocycles. The number of hydrogen-bond acceptors (Lipinski definition) is 2. The van der Waals surface area contributed by atoms with Crippen molar-refractivity contribution in [1.82, 2.24) is 10.2 Å². The molecule has 0 aromatic heterocycles. The molecule has 19 heavy (non-hydrogen) atoms. The van der Waals surface area contributed by atoms with Crippen LogP contribution in [0.2, 0.25) is 0 Å². The van der Waals surface area contributed by atoms with Crippen LogP contribution < -0.4 is 5.32 Å². The Morgan fingerprint density at radius 1 is 1.42 bits per heavy atom. The van der Waals surface area contributed by atoms with Gasteiger partial charge in [0.05, 0.1) is 0 Å². The van der Waals surface area contributed by atoms with E-state index in [1.54, 1.807) is 0 Å². The molecule has 0 spiro atoms. The predicted octanol–water partition coefficient (Wildman–Crippen LogP) is 2.38. The van der Waals surface area contributed by atoms with Gasteiger partial charge in [-0.1, -0.05) is 17.7 Å². The van der Waals surface area contributed by atoms with E-state index in [-0.39, 0.29) is 5.91 Å². The van der Waals surface area contributed by atoms with E-state index in [4.69, 9.17) is 0 Å². The van der Waals surface area contributed by atoms with E-state index < -0.39 is 0 Å². The van der Waals surface area contributed by atoms with Crippen molar-refractivity contribution in [3.05, 3.63) is 34.9 Å². The van der Waals surface area contributed by atoms with Crippen LogP contribution in [0.15, 0.2) is 18.2 Å². The van der Waals surface area contributed by atoms with Crippen LogP contribution in [0.3, 0.4) is 0 Å². The number of likely N-dealkylation sites (tertiary alicyclic amines) is 1. The van der Waals surface area contributed by atoms with Gasteiger partial charge in [-0.05, 0) is 57.8 Å². The molecule has 1 N–H and O–H groups in total. The zero-order chi connectivity index (χ0) is 13.8. The molecule has 2 rings (SSSR count). The summed E-state index contributed by atoms with van der Waals surface area (Å²) in [6.07, 6.45) is 2.33. The summed E-state index contributed by atoms with van der Waals surface area (Å²) in [7, 11) is 1.98. The minimum Gasteiger partial charge on any atom is -0.338 e. The minimum atomic E-state index is 0.196. The first-order chi connectivity index (χ1) is 9.11. The van der Waals surface area contributed by atoms with Gasteiger partial charge in [-0.2, -0.15) is 0 Å². The van der Waals surface area contributed by atoms with Crippen molar-refractivity contribution in [3.8, 4) is 0 Å². The van der Waals surface area contributed by atoms with Gasteiger partial charge in [0.2, 0.25) is 0 Å². The van der Waals surface area contributed by atoms with Gasteiger partial charge in [0.1, 0.15) is 0 Å². The Morgan fingerprint density at radius 2 is 2.21 bits per heavy atom. The maximum atomic E-state index is 12.6. The summed E-state index contributed by atoms with van der Waals surface area (Å²) in [4.78, 5) is 14.6. The van der Waals surface area contributed by atoms with Crippen LogP contribution in [-0.2, 0) is 0 Å². The van der Waals surface area contributed by atoms with Gasteiger partial charge in [-0.25, -0.2) is 0 Å². The van der Waals surface area contributed by atoms with E-state index in [2.05, 4.69) is 11.4 Å². The Hall–Kier alpha value is -1.35. The molecule has 0 aliphatic carbocycles. The standard InChI is InChI=1S/C16H24N2O/c1-12-6-7-13(2)15(9-12)16(19)18-8-4-5-14(11-18)10-17-3/h6-7,9,14,17H,4-5,8,10-11H2,1-3H3/t14-/m0/s1. The van der Waals surface area contributed by atoms with Gasteiger partial charge >= 0.3 is 0 Å². The molecule has 1 saturated heterocycles. The molecular formula is C16H24N2O. The molecule has 3 nitrogen and oxygen atoms in total. The average molecular weight is 260 g/mol. The van der Waals surface area contributed by atoms with E-state index in [9.17, 15) is 4.79 Å². The predicted molar refractivity (Wildman–Crippen MR) is 78.5 cm³/mol. The summed E-state index contributed by atoms with van der Waals surface area (Å²) in [6.45, 7) is 6.83. The molecule has 0 bridgehead atoms. The molecule has 3 heteroatoms. The summed E-state index contributed by atoms with van der Waals surface area (Å²) >= 11 is 0. The summed E-state index contributed by atoms with van der Waals surface area (Å²) in [6, 6.07) is 6.11. The number of amides is 1. The quantitative estimate of drug-likeness (QED) is 0.905. The van der Waals surface area contributed by atoms with Crippen LogP contribution >= 0.6 is 0 Å². The second-order valence-electron chi connectivity index (χ2n) is 5.64. The fourth-order valence-corrected chi connectivity index (χ4v) is 2.84. The second-order valence-corrected chi connectivity index (χ2v) is 5.64. The zero-order valence-electron chi connectivity index (χ0n) is 12.2. The number of rotatable bonds is 3. The van der Waals surface area contributed by atoms with E-state index in [1.165, 1.54) is 6.42 Å².